The molecule has 2 aromatic rings. The number of anilines is 1. The van der Waals surface area contributed by atoms with Gasteiger partial charge in [0.15, 0.2) is 5.71 Å². The van der Waals surface area contributed by atoms with Crippen molar-refractivity contribution in [2.75, 3.05) is 24.5 Å². The van der Waals surface area contributed by atoms with Crippen LogP contribution in [0.4, 0.5) is 11.4 Å². The van der Waals surface area contributed by atoms with Crippen LogP contribution in [0.3, 0.4) is 0 Å². The number of allylic oxidation sites excluding steroid dienone is 6. The lowest BCUT2D eigenvalue weighted by Crippen LogP contribution is -2.28. The second-order valence-electron chi connectivity index (χ2n) is 11.6. The number of nitrogens with one attached hydrogen (secondary N) is 1. The number of amides is 1. The van der Waals surface area contributed by atoms with E-state index in [-0.39, 0.29) is 16.7 Å². The summed E-state index contributed by atoms with van der Waals surface area (Å²) >= 11 is 0. The molecule has 4 heteroatoms. The second-order valence-corrected chi connectivity index (χ2v) is 11.6. The molecule has 0 unspecified atom stereocenters. The molecule has 0 saturated carbocycles. The molecule has 0 saturated heterocycles. The summed E-state index contributed by atoms with van der Waals surface area (Å²) in [5, 5.41) is 2.90. The SMILES string of the molecule is CCNC(=O)CCCCC[N+]1=C(/C=C/C=C/C=C2/N(CC)c3ccccc3C2(C)C)C(C)(C)c2ccccc21. The van der Waals surface area contributed by atoms with Crippen molar-refractivity contribution in [1.82, 2.24) is 5.32 Å². The van der Waals surface area contributed by atoms with E-state index in [1.165, 1.54) is 33.9 Å². The molecule has 39 heavy (non-hydrogen) atoms. The van der Waals surface area contributed by atoms with Gasteiger partial charge in [-0.2, -0.15) is 4.58 Å². The standard InChI is InChI=1S/C35H45N3O/c1-7-36-33(39)25-13-10-18-26-38-30-22-17-15-20-28(30)35(5,6)32(38)24-12-9-11-23-31-34(3,4)27-19-14-16-21-29(27)37(31)8-2/h9,11-12,14-17,19-24H,7-8,10,13,18,25-26H2,1-6H3/p+1. The summed E-state index contributed by atoms with van der Waals surface area (Å²) in [6.07, 6.45) is 14.8. The Labute approximate surface area is 235 Å². The Morgan fingerprint density at radius 2 is 1.59 bits per heavy atom. The van der Waals surface area contributed by atoms with Gasteiger partial charge in [0.25, 0.3) is 0 Å². The number of likely N-dealkylation sites (N-methyl/N-ethyl adjacent to an activating group) is 1. The van der Waals surface area contributed by atoms with Gasteiger partial charge in [0, 0.05) is 60.4 Å². The molecule has 0 radical (unpaired) electrons. The molecule has 0 atom stereocenters. The van der Waals surface area contributed by atoms with Crippen molar-refractivity contribution in [2.24, 2.45) is 0 Å². The van der Waals surface area contributed by atoms with Crippen LogP contribution in [-0.4, -0.2) is 35.8 Å². The van der Waals surface area contributed by atoms with Crippen molar-refractivity contribution in [1.29, 1.82) is 0 Å². The number of hydrogen-bond acceptors (Lipinski definition) is 2. The van der Waals surface area contributed by atoms with Crippen molar-refractivity contribution in [3.63, 3.8) is 0 Å². The van der Waals surface area contributed by atoms with Gasteiger partial charge in [0.2, 0.25) is 11.6 Å². The first-order valence-corrected chi connectivity index (χ1v) is 14.7. The van der Waals surface area contributed by atoms with Gasteiger partial charge >= 0.3 is 0 Å². The van der Waals surface area contributed by atoms with Crippen LogP contribution in [0.5, 0.6) is 0 Å². The Morgan fingerprint density at radius 1 is 0.872 bits per heavy atom. The molecule has 0 bridgehead atoms. The van der Waals surface area contributed by atoms with E-state index in [0.29, 0.717) is 13.0 Å². The molecule has 0 aromatic heterocycles. The molecule has 206 valence electrons. The third kappa shape index (κ3) is 5.80. The largest absolute Gasteiger partial charge is 0.356 e. The Bertz CT molecular complexity index is 1310. The Morgan fingerprint density at radius 3 is 2.33 bits per heavy atom. The first-order valence-electron chi connectivity index (χ1n) is 14.7. The molecule has 2 aromatic carbocycles. The molecule has 2 aliphatic rings. The maximum Gasteiger partial charge on any atom is 0.219 e. The molecular weight excluding hydrogens is 478 g/mol. The average Bonchev–Trinajstić information content (AvgIpc) is 3.27. The van der Waals surface area contributed by atoms with Crippen molar-refractivity contribution >= 4 is 23.0 Å². The number of para-hydroxylation sites is 2. The van der Waals surface area contributed by atoms with Gasteiger partial charge in [-0.25, -0.2) is 0 Å². The molecule has 0 fully saturated rings. The molecule has 2 aliphatic heterocycles. The smallest absolute Gasteiger partial charge is 0.219 e. The van der Waals surface area contributed by atoms with Crippen LogP contribution in [0.2, 0.25) is 0 Å². The van der Waals surface area contributed by atoms with Gasteiger partial charge in [0.1, 0.15) is 6.54 Å². The van der Waals surface area contributed by atoms with Crippen LogP contribution in [0.15, 0.2) is 84.6 Å². The lowest BCUT2D eigenvalue weighted by atomic mass is 9.81. The fourth-order valence-corrected chi connectivity index (χ4v) is 6.24. The lowest BCUT2D eigenvalue weighted by Gasteiger charge is -2.25. The minimum atomic E-state index is -0.0610. The topological polar surface area (TPSA) is 35.4 Å². The van der Waals surface area contributed by atoms with Gasteiger partial charge in [-0.05, 0) is 58.2 Å². The number of hydrogen-bond donors (Lipinski definition) is 1. The van der Waals surface area contributed by atoms with E-state index < -0.39 is 0 Å². The summed E-state index contributed by atoms with van der Waals surface area (Å²) in [5.74, 6) is 0.161. The molecular formula is C35H46N3O+. The number of rotatable bonds is 11. The minimum Gasteiger partial charge on any atom is -0.356 e. The molecule has 4 nitrogen and oxygen atoms in total. The Balaban J connectivity index is 1.51. The highest BCUT2D eigenvalue weighted by atomic mass is 16.1. The zero-order valence-electron chi connectivity index (χ0n) is 24.8. The maximum atomic E-state index is 11.8. The van der Waals surface area contributed by atoms with E-state index in [4.69, 9.17) is 0 Å². The number of nitrogens with zero attached hydrogens (tertiary/aromatic N) is 2. The summed E-state index contributed by atoms with van der Waals surface area (Å²) in [4.78, 5) is 14.2. The zero-order chi connectivity index (χ0) is 28.0. The number of carbonyl (C=O) groups excluding carboxylic acids is 1. The highest BCUT2D eigenvalue weighted by Crippen LogP contribution is 2.47. The van der Waals surface area contributed by atoms with E-state index >= 15 is 0 Å². The highest BCUT2D eigenvalue weighted by Gasteiger charge is 2.43. The van der Waals surface area contributed by atoms with E-state index in [9.17, 15) is 4.79 Å². The van der Waals surface area contributed by atoms with E-state index in [1.54, 1.807) is 0 Å². The zero-order valence-corrected chi connectivity index (χ0v) is 24.8. The van der Waals surface area contributed by atoms with Crippen LogP contribution >= 0.6 is 0 Å². The van der Waals surface area contributed by atoms with Crippen molar-refractivity contribution in [3.8, 4) is 0 Å². The van der Waals surface area contributed by atoms with Gasteiger partial charge < -0.3 is 10.2 Å². The van der Waals surface area contributed by atoms with E-state index in [2.05, 4.69) is 128 Å². The predicted octanol–water partition coefficient (Wildman–Crippen LogP) is 7.57. The van der Waals surface area contributed by atoms with Crippen molar-refractivity contribution in [2.45, 2.75) is 78.1 Å². The minimum absolute atomic E-state index is 0.0154. The summed E-state index contributed by atoms with van der Waals surface area (Å²) in [6, 6.07) is 17.5. The van der Waals surface area contributed by atoms with Crippen molar-refractivity contribution in [3.05, 3.63) is 95.7 Å². The summed E-state index contributed by atoms with van der Waals surface area (Å²) in [7, 11) is 0. The summed E-state index contributed by atoms with van der Waals surface area (Å²) < 4.78 is 2.49. The van der Waals surface area contributed by atoms with Gasteiger partial charge in [0.05, 0.1) is 5.41 Å². The van der Waals surface area contributed by atoms with Crippen LogP contribution < -0.4 is 10.2 Å². The monoisotopic (exact) mass is 524 g/mol. The molecule has 1 amide bonds. The van der Waals surface area contributed by atoms with E-state index in [0.717, 1.165) is 32.4 Å². The molecule has 0 aliphatic carbocycles. The first kappa shape index (κ1) is 28.6. The Kier molecular flexibility index (Phi) is 8.94. The average molecular weight is 525 g/mol. The summed E-state index contributed by atoms with van der Waals surface area (Å²) in [5.41, 5.74) is 7.99. The van der Waals surface area contributed by atoms with Gasteiger partial charge in [-0.15, -0.1) is 0 Å². The first-order chi connectivity index (χ1) is 18.7. The molecule has 1 N–H and O–H groups in total. The fourth-order valence-electron chi connectivity index (χ4n) is 6.24. The van der Waals surface area contributed by atoms with Crippen LogP contribution in [0.1, 0.15) is 78.4 Å². The predicted molar refractivity (Wildman–Crippen MR) is 165 cm³/mol. The number of unbranched alkanes of at least 4 members (excludes halogenated alkanes) is 2. The van der Waals surface area contributed by atoms with Crippen LogP contribution in [-0.2, 0) is 15.6 Å². The van der Waals surface area contributed by atoms with E-state index in [1.807, 2.05) is 6.92 Å². The van der Waals surface area contributed by atoms with Crippen LogP contribution in [0, 0.1) is 0 Å². The maximum absolute atomic E-state index is 11.8. The Hall–Kier alpha value is -3.40. The molecule has 0 spiro atoms. The third-order valence-corrected chi connectivity index (χ3v) is 8.30. The number of benzene rings is 2. The second kappa shape index (κ2) is 12.2. The third-order valence-electron chi connectivity index (χ3n) is 8.30. The molecule has 4 rings (SSSR count). The molecule has 2 heterocycles. The highest BCUT2D eigenvalue weighted by molar-refractivity contribution is 6.03. The van der Waals surface area contributed by atoms with Crippen LogP contribution in [0.25, 0.3) is 0 Å². The fraction of sp³-hybridized carbons (Fsp3) is 0.429. The lowest BCUT2D eigenvalue weighted by molar-refractivity contribution is -0.438. The normalized spacial score (nSPS) is 18.4. The quantitative estimate of drug-likeness (QED) is 0.187. The number of fused-ring (bicyclic) bond motifs is 2. The van der Waals surface area contributed by atoms with Crippen molar-refractivity contribution < 1.29 is 9.37 Å². The summed E-state index contributed by atoms with van der Waals surface area (Å²) in [6.45, 7) is 16.1. The number of carbonyl (C=O) groups is 1. The van der Waals surface area contributed by atoms with Gasteiger partial charge in [-0.3, -0.25) is 4.79 Å². The van der Waals surface area contributed by atoms with Gasteiger partial charge in [-0.1, -0.05) is 68.5 Å².